The van der Waals surface area contributed by atoms with Gasteiger partial charge in [-0.2, -0.15) is 13.2 Å². The first kappa shape index (κ1) is 50.9. The third-order valence-electron chi connectivity index (χ3n) is 13.7. The van der Waals surface area contributed by atoms with E-state index in [4.69, 9.17) is 0 Å². The van der Waals surface area contributed by atoms with Gasteiger partial charge in [0.1, 0.15) is 4.90 Å². The van der Waals surface area contributed by atoms with Gasteiger partial charge in [0.05, 0.1) is 16.7 Å². The van der Waals surface area contributed by atoms with Gasteiger partial charge in [-0.25, -0.2) is 30.3 Å². The van der Waals surface area contributed by atoms with Gasteiger partial charge in [-0.3, -0.25) is 9.69 Å². The summed E-state index contributed by atoms with van der Waals surface area (Å²) in [5.41, 5.74) is -1.83. The number of aliphatic hydroxyl groups is 1. The molecule has 3 N–H and O–H groups in total. The van der Waals surface area contributed by atoms with Gasteiger partial charge in [0, 0.05) is 86.7 Å². The summed E-state index contributed by atoms with van der Waals surface area (Å²) in [7, 11) is -11.0. The molecule has 2 heterocycles. The molecule has 0 unspecified atom stereocenters. The van der Waals surface area contributed by atoms with E-state index >= 15 is 0 Å². The van der Waals surface area contributed by atoms with Crippen molar-refractivity contribution >= 4 is 48.9 Å². The fourth-order valence-electron chi connectivity index (χ4n) is 9.49. The summed E-state index contributed by atoms with van der Waals surface area (Å²) in [5.74, 6) is -0.722. The van der Waals surface area contributed by atoms with Crippen molar-refractivity contribution < 1.29 is 48.7 Å². The molecule has 67 heavy (non-hydrogen) atoms. The summed E-state index contributed by atoms with van der Waals surface area (Å²) in [6, 6.07) is 17.3. The summed E-state index contributed by atoms with van der Waals surface area (Å²) in [6.45, 7) is 9.59. The maximum Gasteiger partial charge on any atom is 0.501 e. The fourth-order valence-corrected chi connectivity index (χ4v) is 12.5. The first-order valence-corrected chi connectivity index (χ1v) is 26.9. The van der Waals surface area contributed by atoms with Crippen LogP contribution in [0, 0.1) is 5.41 Å². The Kier molecular flexibility index (Phi) is 16.5. The topological polar surface area (TPSA) is 139 Å². The molecule has 3 aromatic carbocycles. The molecule has 1 spiro atoms. The highest BCUT2D eigenvalue weighted by Gasteiger charge is 2.49. The van der Waals surface area contributed by atoms with Crippen LogP contribution in [0.4, 0.5) is 33.3 Å². The molecule has 1 amide bonds. The highest BCUT2D eigenvalue weighted by atomic mass is 32.2. The number of sulfone groups is 1. The van der Waals surface area contributed by atoms with Crippen LogP contribution in [0.5, 0.6) is 0 Å². The Morgan fingerprint density at radius 2 is 1.57 bits per heavy atom. The normalized spacial score (nSPS) is 19.4. The molecule has 1 atom stereocenters. The molecular formula is C48H60F5N5O6S3. The largest absolute Gasteiger partial charge is 0.501 e. The lowest BCUT2D eigenvalue weighted by Gasteiger charge is -2.47. The van der Waals surface area contributed by atoms with E-state index in [1.165, 1.54) is 54.3 Å². The quantitative estimate of drug-likeness (QED) is 0.0784. The van der Waals surface area contributed by atoms with Gasteiger partial charge in [-0.1, -0.05) is 42.3 Å². The first-order chi connectivity index (χ1) is 31.8. The van der Waals surface area contributed by atoms with E-state index in [2.05, 4.69) is 26.6 Å². The number of hydrogen-bond acceptors (Lipinski definition) is 11. The second kappa shape index (κ2) is 21.7. The molecule has 7 rings (SSSR count). The Bertz CT molecular complexity index is 2450. The zero-order valence-electron chi connectivity index (χ0n) is 37.5. The molecule has 2 saturated heterocycles. The van der Waals surface area contributed by atoms with Crippen molar-refractivity contribution in [3.8, 4) is 0 Å². The monoisotopic (exact) mass is 993 g/mol. The Balaban J connectivity index is 1.00. The molecule has 2 aliphatic carbocycles. The third kappa shape index (κ3) is 13.0. The average molecular weight is 994 g/mol. The second-order valence-electron chi connectivity index (χ2n) is 18.3. The van der Waals surface area contributed by atoms with E-state index in [0.29, 0.717) is 75.6 Å². The lowest BCUT2D eigenvalue weighted by Crippen LogP contribution is -2.47. The van der Waals surface area contributed by atoms with Gasteiger partial charge in [-0.05, 0) is 123 Å². The van der Waals surface area contributed by atoms with Crippen LogP contribution in [0.25, 0.3) is 0 Å². The van der Waals surface area contributed by atoms with Crippen LogP contribution in [0.2, 0.25) is 0 Å². The number of amides is 1. The fraction of sp³-hybridized carbons (Fsp3) is 0.521. The number of anilines is 2. The van der Waals surface area contributed by atoms with Crippen molar-refractivity contribution in [2.75, 3.05) is 68.3 Å². The number of allylic oxidation sites excluding steroid dienone is 2. The van der Waals surface area contributed by atoms with Crippen LogP contribution in [0.3, 0.4) is 0 Å². The van der Waals surface area contributed by atoms with Crippen molar-refractivity contribution in [3.63, 3.8) is 0 Å². The van der Waals surface area contributed by atoms with Crippen molar-refractivity contribution in [1.29, 1.82) is 0 Å². The van der Waals surface area contributed by atoms with Crippen molar-refractivity contribution in [2.45, 2.75) is 109 Å². The number of nitrogens with zero attached hydrogens (tertiary/aromatic N) is 3. The molecule has 2 aliphatic heterocycles. The molecule has 0 radical (unpaired) electrons. The molecule has 0 aromatic heterocycles. The number of sulfonamides is 1. The zero-order valence-corrected chi connectivity index (χ0v) is 39.9. The Hall–Kier alpha value is -4.01. The Labute approximate surface area is 395 Å². The van der Waals surface area contributed by atoms with E-state index in [-0.39, 0.29) is 12.0 Å². The van der Waals surface area contributed by atoms with Crippen molar-refractivity contribution in [1.82, 2.24) is 14.5 Å². The molecule has 1 saturated carbocycles. The first-order valence-electron chi connectivity index (χ1n) is 22.9. The Morgan fingerprint density at radius 1 is 0.881 bits per heavy atom. The summed E-state index contributed by atoms with van der Waals surface area (Å²) in [6.07, 6.45) is 5.44. The van der Waals surface area contributed by atoms with Crippen LogP contribution in [0.1, 0.15) is 81.0 Å². The minimum absolute atomic E-state index is 0.0394. The summed E-state index contributed by atoms with van der Waals surface area (Å²) < 4.78 is 124. The van der Waals surface area contributed by atoms with E-state index in [0.717, 1.165) is 67.2 Å². The number of hydrogen-bond donors (Lipinski definition) is 3. The molecule has 4 aliphatic rings. The number of carbonyl (C=O) groups excluding carboxylic acids is 1. The molecule has 0 bridgehead atoms. The van der Waals surface area contributed by atoms with Gasteiger partial charge >= 0.3 is 5.51 Å². The molecule has 366 valence electrons. The predicted octanol–water partition coefficient (Wildman–Crippen LogP) is 8.89. The van der Waals surface area contributed by atoms with Crippen LogP contribution in [0.15, 0.2) is 111 Å². The molecule has 11 nitrogen and oxygen atoms in total. The average Bonchev–Trinajstić information content (AvgIpc) is 3.29. The molecule has 3 aromatic rings. The molecule has 3 fully saturated rings. The summed E-state index contributed by atoms with van der Waals surface area (Å²) in [4.78, 5) is 18.7. The number of thioether (sulfide) groups is 1. The minimum Gasteiger partial charge on any atom is -0.393 e. The smallest absolute Gasteiger partial charge is 0.393 e. The van der Waals surface area contributed by atoms with Gasteiger partial charge in [0.25, 0.3) is 25.8 Å². The molecule has 19 heteroatoms. The number of halogens is 5. The molecular weight excluding hydrogens is 934 g/mol. The lowest BCUT2D eigenvalue weighted by atomic mass is 9.59. The highest BCUT2D eigenvalue weighted by molar-refractivity contribution is 7.99. The van der Waals surface area contributed by atoms with Gasteiger partial charge in [0.2, 0.25) is 6.43 Å². The second-order valence-corrected chi connectivity index (χ2v) is 23.0. The number of benzene rings is 3. The van der Waals surface area contributed by atoms with E-state index in [1.54, 1.807) is 12.1 Å². The van der Waals surface area contributed by atoms with Crippen LogP contribution >= 0.6 is 11.8 Å². The van der Waals surface area contributed by atoms with E-state index < -0.39 is 65.3 Å². The third-order valence-corrected chi connectivity index (χ3v) is 17.7. The van der Waals surface area contributed by atoms with Gasteiger partial charge in [-0.15, -0.1) is 11.8 Å². The van der Waals surface area contributed by atoms with Crippen LogP contribution < -0.4 is 14.9 Å². The van der Waals surface area contributed by atoms with E-state index in [1.807, 2.05) is 35.1 Å². The summed E-state index contributed by atoms with van der Waals surface area (Å²) in [5, 5.41) is 12.9. The summed E-state index contributed by atoms with van der Waals surface area (Å²) >= 11 is 1.42. The van der Waals surface area contributed by atoms with Gasteiger partial charge < -0.3 is 20.2 Å². The van der Waals surface area contributed by atoms with Crippen molar-refractivity contribution in [2.24, 2.45) is 5.41 Å². The highest BCUT2D eigenvalue weighted by Crippen LogP contribution is 2.54. The van der Waals surface area contributed by atoms with Gasteiger partial charge in [0.15, 0.2) is 0 Å². The number of carbonyl (C=O) groups is 1. The number of piperidine rings is 1. The predicted molar refractivity (Wildman–Crippen MR) is 252 cm³/mol. The lowest BCUT2D eigenvalue weighted by molar-refractivity contribution is -0.0436. The standard InChI is InChI=1S/C48H60F5N5O6S3/c1-34(8-15-45(49)50)42-31-47(20-5-21-47)22-16-36(42)32-57-26-28-58(29-27-57)38-11-9-35(10-12-38)46(60)55-67(63,64)41-13-14-43(44(30-41)66(61,62)48(51,52)53)54-37(33-65-40-6-3-2-4-7-40)17-23-56-24-18-39(59)19-25-56/h2-4,6-7,9-14,30,37,39,45,54,59H,1,5,8,15-29,31-33H2,(H,55,60)/t37-/m1/s1. The minimum atomic E-state index is -6.09. The number of piperazine rings is 1. The maximum atomic E-state index is 14.2. The zero-order chi connectivity index (χ0) is 48.0. The SMILES string of the molecule is C=C(CCC(F)F)C1=C(CN2CCN(c3ccc(C(=O)NS(=O)(=O)c4ccc(N[C@H](CCN5CCC(O)CC5)CSc5ccccc5)c(S(=O)(=O)C(F)(F)F)c4)cc3)CC2)CCC2(CCC2)C1. The Morgan fingerprint density at radius 3 is 2.19 bits per heavy atom. The van der Waals surface area contributed by atoms with Crippen LogP contribution in [-0.4, -0.2) is 120 Å². The van der Waals surface area contributed by atoms with E-state index in [9.17, 15) is 48.7 Å². The van der Waals surface area contributed by atoms with Crippen molar-refractivity contribution in [3.05, 3.63) is 102 Å². The van der Waals surface area contributed by atoms with Crippen LogP contribution in [-0.2, 0) is 19.9 Å². The number of nitrogens with one attached hydrogen (secondary N) is 2. The number of rotatable bonds is 19. The maximum absolute atomic E-state index is 14.2. The number of alkyl halides is 5. The number of aliphatic hydroxyl groups excluding tert-OH is 1. The number of likely N-dealkylation sites (tertiary alicyclic amines) is 1.